The maximum Gasteiger partial charge on any atom is 0.339 e. The number of benzene rings is 1. The zero-order valence-electron chi connectivity index (χ0n) is 11.1. The van der Waals surface area contributed by atoms with Gasteiger partial charge in [0, 0.05) is 18.7 Å². The standard InChI is InChI=1S/C12H15ClO6S/c1-18-4-3-5-20(16,17)10-7-8(13)6-9(12(14)15)11(10)19-2/h6-7H,3-5H2,1-2H3,(H,14,15). The minimum absolute atomic E-state index is 0.0218. The monoisotopic (exact) mass is 322 g/mol. The smallest absolute Gasteiger partial charge is 0.339 e. The van der Waals surface area contributed by atoms with Crippen LogP contribution in [0.5, 0.6) is 5.75 Å². The van der Waals surface area contributed by atoms with Gasteiger partial charge in [0.2, 0.25) is 0 Å². The van der Waals surface area contributed by atoms with Gasteiger partial charge in [-0.3, -0.25) is 0 Å². The molecule has 0 fully saturated rings. The Balaban J connectivity index is 3.33. The van der Waals surface area contributed by atoms with Crippen molar-refractivity contribution >= 4 is 27.4 Å². The van der Waals surface area contributed by atoms with Gasteiger partial charge in [-0.2, -0.15) is 0 Å². The molecule has 0 atom stereocenters. The summed E-state index contributed by atoms with van der Waals surface area (Å²) in [6.07, 6.45) is 0.289. The van der Waals surface area contributed by atoms with E-state index in [0.29, 0.717) is 0 Å². The van der Waals surface area contributed by atoms with Gasteiger partial charge in [-0.05, 0) is 18.6 Å². The van der Waals surface area contributed by atoms with E-state index in [2.05, 4.69) is 0 Å². The third-order valence-corrected chi connectivity index (χ3v) is 4.57. The van der Waals surface area contributed by atoms with E-state index in [1.54, 1.807) is 0 Å². The van der Waals surface area contributed by atoms with E-state index in [-0.39, 0.29) is 40.0 Å². The third-order valence-electron chi connectivity index (χ3n) is 2.55. The fourth-order valence-electron chi connectivity index (χ4n) is 1.67. The summed E-state index contributed by atoms with van der Waals surface area (Å²) in [5, 5.41) is 9.09. The van der Waals surface area contributed by atoms with Gasteiger partial charge in [-0.25, -0.2) is 13.2 Å². The van der Waals surface area contributed by atoms with Gasteiger partial charge < -0.3 is 14.6 Å². The molecule has 0 saturated carbocycles. The molecule has 0 aliphatic carbocycles. The number of aromatic carboxylic acids is 1. The first-order chi connectivity index (χ1) is 9.33. The van der Waals surface area contributed by atoms with Crippen molar-refractivity contribution in [3.8, 4) is 5.75 Å². The molecule has 8 heteroatoms. The number of rotatable bonds is 7. The van der Waals surface area contributed by atoms with Crippen molar-refractivity contribution in [1.29, 1.82) is 0 Å². The van der Waals surface area contributed by atoms with Crippen LogP contribution in [0.2, 0.25) is 5.02 Å². The van der Waals surface area contributed by atoms with Crippen molar-refractivity contribution in [2.45, 2.75) is 11.3 Å². The molecule has 20 heavy (non-hydrogen) atoms. The SMILES string of the molecule is COCCCS(=O)(=O)c1cc(Cl)cc(C(=O)O)c1OC. The van der Waals surface area contributed by atoms with E-state index in [1.807, 2.05) is 0 Å². The Morgan fingerprint density at radius 2 is 2.00 bits per heavy atom. The Hall–Kier alpha value is -1.31. The highest BCUT2D eigenvalue weighted by molar-refractivity contribution is 7.91. The van der Waals surface area contributed by atoms with Gasteiger partial charge in [0.1, 0.15) is 10.5 Å². The molecule has 1 aromatic rings. The number of hydrogen-bond acceptors (Lipinski definition) is 5. The van der Waals surface area contributed by atoms with Crippen molar-refractivity contribution in [2.24, 2.45) is 0 Å². The summed E-state index contributed by atoms with van der Waals surface area (Å²) in [6, 6.07) is 2.34. The first-order valence-electron chi connectivity index (χ1n) is 5.66. The highest BCUT2D eigenvalue weighted by Crippen LogP contribution is 2.32. The van der Waals surface area contributed by atoms with Gasteiger partial charge in [0.25, 0.3) is 0 Å². The molecule has 0 radical (unpaired) electrons. The number of carbonyl (C=O) groups is 1. The fourth-order valence-corrected chi connectivity index (χ4v) is 3.46. The lowest BCUT2D eigenvalue weighted by Crippen LogP contribution is -2.12. The summed E-state index contributed by atoms with van der Waals surface area (Å²) >= 11 is 5.78. The predicted molar refractivity (Wildman–Crippen MR) is 73.5 cm³/mol. The Labute approximate surface area is 122 Å². The van der Waals surface area contributed by atoms with Crippen LogP contribution in [-0.4, -0.2) is 46.1 Å². The van der Waals surface area contributed by atoms with E-state index in [9.17, 15) is 13.2 Å². The molecule has 0 unspecified atom stereocenters. The molecular weight excluding hydrogens is 308 g/mol. The van der Waals surface area contributed by atoms with Crippen LogP contribution < -0.4 is 4.74 Å². The van der Waals surface area contributed by atoms with E-state index in [0.717, 1.165) is 6.07 Å². The van der Waals surface area contributed by atoms with Gasteiger partial charge >= 0.3 is 5.97 Å². The first kappa shape index (κ1) is 16.7. The molecule has 0 saturated heterocycles. The molecule has 1 aromatic carbocycles. The van der Waals surface area contributed by atoms with Gasteiger partial charge in [-0.15, -0.1) is 0 Å². The second-order valence-electron chi connectivity index (χ2n) is 3.96. The largest absolute Gasteiger partial charge is 0.494 e. The Kier molecular flexibility index (Phi) is 5.79. The number of carboxylic acid groups (broad SMARTS) is 1. The number of methoxy groups -OCH3 is 2. The molecule has 112 valence electrons. The van der Waals surface area contributed by atoms with Crippen LogP contribution in [0.4, 0.5) is 0 Å². The van der Waals surface area contributed by atoms with Crippen molar-refractivity contribution in [1.82, 2.24) is 0 Å². The van der Waals surface area contributed by atoms with Crippen LogP contribution in [0, 0.1) is 0 Å². The van der Waals surface area contributed by atoms with E-state index in [4.69, 9.17) is 26.2 Å². The number of sulfone groups is 1. The second-order valence-corrected chi connectivity index (χ2v) is 6.47. The average Bonchev–Trinajstić information content (AvgIpc) is 2.37. The Bertz CT molecular complexity index is 596. The molecule has 6 nitrogen and oxygen atoms in total. The quantitative estimate of drug-likeness (QED) is 0.771. The van der Waals surface area contributed by atoms with Crippen molar-refractivity contribution in [3.63, 3.8) is 0 Å². The Morgan fingerprint density at radius 3 is 2.50 bits per heavy atom. The molecule has 0 aliphatic rings. The van der Waals surface area contributed by atoms with Crippen molar-refractivity contribution in [3.05, 3.63) is 22.7 Å². The van der Waals surface area contributed by atoms with Crippen LogP contribution >= 0.6 is 11.6 Å². The zero-order chi connectivity index (χ0) is 15.3. The number of carboxylic acids is 1. The van der Waals surface area contributed by atoms with Crippen molar-refractivity contribution in [2.75, 3.05) is 26.6 Å². The van der Waals surface area contributed by atoms with Crippen LogP contribution in [0.15, 0.2) is 17.0 Å². The molecule has 0 bridgehead atoms. The minimum atomic E-state index is -3.71. The lowest BCUT2D eigenvalue weighted by Gasteiger charge is -2.12. The topological polar surface area (TPSA) is 89.9 Å². The number of halogens is 1. The third kappa shape index (κ3) is 3.84. The summed E-state index contributed by atoms with van der Waals surface area (Å²) in [7, 11) is -1.03. The lowest BCUT2D eigenvalue weighted by molar-refractivity contribution is 0.0693. The van der Waals surface area contributed by atoms with Crippen LogP contribution in [-0.2, 0) is 14.6 Å². The molecule has 1 N–H and O–H groups in total. The summed E-state index contributed by atoms with van der Waals surface area (Å²) < 4.78 is 34.2. The van der Waals surface area contributed by atoms with Gasteiger partial charge in [0.15, 0.2) is 15.6 Å². The summed E-state index contributed by atoms with van der Waals surface area (Å²) in [5.74, 6) is -1.70. The highest BCUT2D eigenvalue weighted by Gasteiger charge is 2.25. The Morgan fingerprint density at radius 1 is 1.35 bits per heavy atom. The number of ether oxygens (including phenoxy) is 2. The molecule has 0 aliphatic heterocycles. The highest BCUT2D eigenvalue weighted by atomic mass is 35.5. The van der Waals surface area contributed by atoms with Gasteiger partial charge in [-0.1, -0.05) is 11.6 Å². The normalized spacial score (nSPS) is 11.3. The molecule has 1 rings (SSSR count). The summed E-state index contributed by atoms with van der Waals surface area (Å²) in [6.45, 7) is 0.286. The number of hydrogen-bond donors (Lipinski definition) is 1. The minimum Gasteiger partial charge on any atom is -0.494 e. The zero-order valence-corrected chi connectivity index (χ0v) is 12.6. The molecule has 0 heterocycles. The predicted octanol–water partition coefficient (Wildman–Crippen LogP) is 1.86. The first-order valence-corrected chi connectivity index (χ1v) is 7.69. The maximum absolute atomic E-state index is 12.2. The summed E-state index contributed by atoms with van der Waals surface area (Å²) in [4.78, 5) is 10.9. The lowest BCUT2D eigenvalue weighted by atomic mass is 10.2. The molecule has 0 spiro atoms. The van der Waals surface area contributed by atoms with Crippen LogP contribution in [0.1, 0.15) is 16.8 Å². The van der Waals surface area contributed by atoms with Gasteiger partial charge in [0.05, 0.1) is 12.9 Å². The second kappa shape index (κ2) is 6.92. The average molecular weight is 323 g/mol. The van der Waals surface area contributed by atoms with E-state index < -0.39 is 15.8 Å². The maximum atomic E-state index is 12.2. The summed E-state index contributed by atoms with van der Waals surface area (Å²) in [5.41, 5.74) is -0.287. The van der Waals surface area contributed by atoms with Crippen LogP contribution in [0.25, 0.3) is 0 Å². The van der Waals surface area contributed by atoms with E-state index >= 15 is 0 Å². The molecule has 0 amide bonds. The fraction of sp³-hybridized carbons (Fsp3) is 0.417. The van der Waals surface area contributed by atoms with E-state index in [1.165, 1.54) is 20.3 Å². The van der Waals surface area contributed by atoms with Crippen LogP contribution in [0.3, 0.4) is 0 Å². The molecular formula is C12H15ClO6S. The van der Waals surface area contributed by atoms with Crippen molar-refractivity contribution < 1.29 is 27.8 Å². The molecule has 0 aromatic heterocycles.